The van der Waals surface area contributed by atoms with Gasteiger partial charge in [0.05, 0.1) is 0 Å². The Hall–Kier alpha value is -1.82. The lowest BCUT2D eigenvalue weighted by molar-refractivity contribution is 0.540. The van der Waals surface area contributed by atoms with Gasteiger partial charge in [0.15, 0.2) is 0 Å². The van der Waals surface area contributed by atoms with Crippen LogP contribution in [0.3, 0.4) is 0 Å². The van der Waals surface area contributed by atoms with Crippen LogP contribution in [0.25, 0.3) is 11.1 Å². The second kappa shape index (κ2) is 4.09. The van der Waals surface area contributed by atoms with Crippen molar-refractivity contribution in [1.29, 1.82) is 0 Å². The van der Waals surface area contributed by atoms with Crippen molar-refractivity contribution in [2.24, 2.45) is 0 Å². The molecule has 20 heavy (non-hydrogen) atoms. The minimum absolute atomic E-state index is 0.140. The Bertz CT molecular complexity index is 667. The maximum Gasteiger partial charge on any atom is 0.0394 e. The van der Waals surface area contributed by atoms with E-state index in [1.54, 1.807) is 0 Å². The van der Waals surface area contributed by atoms with Crippen LogP contribution in [0.2, 0.25) is 0 Å². The normalized spacial score (nSPS) is 18.1. The van der Waals surface area contributed by atoms with E-state index >= 15 is 0 Å². The smallest absolute Gasteiger partial charge is 0.0394 e. The first-order valence-electron chi connectivity index (χ1n) is 7.61. The molecule has 0 unspecified atom stereocenters. The molecule has 2 aromatic rings. The van der Waals surface area contributed by atoms with Crippen molar-refractivity contribution < 1.29 is 0 Å². The summed E-state index contributed by atoms with van der Waals surface area (Å²) in [5, 5.41) is 0. The summed E-state index contributed by atoms with van der Waals surface area (Å²) >= 11 is 0. The first-order chi connectivity index (χ1) is 9.71. The molecule has 0 saturated carbocycles. The molecule has 0 bridgehead atoms. The van der Waals surface area contributed by atoms with E-state index in [2.05, 4.69) is 62.4 Å². The Labute approximate surface area is 121 Å². The molecule has 0 aliphatic heterocycles. The molecule has 0 nitrogen and oxygen atoms in total. The highest BCUT2D eigenvalue weighted by Gasteiger charge is 2.41. The molecule has 0 radical (unpaired) electrons. The first kappa shape index (κ1) is 12.0. The molecule has 0 heteroatoms. The van der Waals surface area contributed by atoms with Crippen LogP contribution < -0.4 is 0 Å². The predicted molar refractivity (Wildman–Crippen MR) is 85.1 cm³/mol. The molecule has 2 aliphatic carbocycles. The Morgan fingerprint density at radius 3 is 1.95 bits per heavy atom. The van der Waals surface area contributed by atoms with Gasteiger partial charge in [-0.2, -0.15) is 0 Å². The number of allylic oxidation sites excluding steroid dienone is 2. The second-order valence-electron chi connectivity index (χ2n) is 6.36. The van der Waals surface area contributed by atoms with E-state index in [1.807, 2.05) is 0 Å². The number of rotatable bonds is 0. The summed E-state index contributed by atoms with van der Waals surface area (Å²) in [7, 11) is 0. The van der Waals surface area contributed by atoms with Gasteiger partial charge in [-0.05, 0) is 55.4 Å². The Morgan fingerprint density at radius 1 is 0.850 bits per heavy atom. The molecule has 0 saturated heterocycles. The van der Waals surface area contributed by atoms with Crippen molar-refractivity contribution in [3.63, 3.8) is 0 Å². The third-order valence-corrected chi connectivity index (χ3v) is 4.95. The highest BCUT2D eigenvalue weighted by atomic mass is 14.4. The van der Waals surface area contributed by atoms with Crippen LogP contribution in [0.4, 0.5) is 0 Å². The Kier molecular flexibility index (Phi) is 2.44. The van der Waals surface area contributed by atoms with E-state index in [-0.39, 0.29) is 5.41 Å². The van der Waals surface area contributed by atoms with Crippen LogP contribution in [0.15, 0.2) is 48.6 Å². The fraction of sp³-hybridized carbons (Fsp3) is 0.300. The number of fused-ring (bicyclic) bond motifs is 5. The van der Waals surface area contributed by atoms with Crippen molar-refractivity contribution in [2.45, 2.75) is 38.5 Å². The molecule has 0 aromatic heterocycles. The predicted octanol–water partition coefficient (Wildman–Crippen LogP) is 5.31. The summed E-state index contributed by atoms with van der Waals surface area (Å²) in [5.41, 5.74) is 8.80. The average Bonchev–Trinajstić information content (AvgIpc) is 2.70. The van der Waals surface area contributed by atoms with E-state index in [1.165, 1.54) is 52.6 Å². The summed E-state index contributed by atoms with van der Waals surface area (Å²) in [6, 6.07) is 13.9. The van der Waals surface area contributed by atoms with Crippen LogP contribution in [-0.4, -0.2) is 0 Å². The molecule has 100 valence electrons. The lowest BCUT2D eigenvalue weighted by Crippen LogP contribution is -2.24. The number of hydrogen-bond acceptors (Lipinski definition) is 0. The zero-order valence-corrected chi connectivity index (χ0v) is 12.2. The van der Waals surface area contributed by atoms with Gasteiger partial charge in [0.25, 0.3) is 0 Å². The molecule has 4 rings (SSSR count). The lowest BCUT2D eigenvalue weighted by atomic mass is 9.71. The monoisotopic (exact) mass is 260 g/mol. The third-order valence-electron chi connectivity index (χ3n) is 4.95. The molecule has 0 amide bonds. The number of hydrogen-bond donors (Lipinski definition) is 0. The zero-order valence-electron chi connectivity index (χ0n) is 12.2. The van der Waals surface area contributed by atoms with Gasteiger partial charge in [-0.25, -0.2) is 0 Å². The highest BCUT2D eigenvalue weighted by molar-refractivity contribution is 5.83. The van der Waals surface area contributed by atoms with Crippen molar-refractivity contribution in [3.05, 3.63) is 70.8 Å². The molecule has 0 N–H and O–H groups in total. The third kappa shape index (κ3) is 1.48. The quantitative estimate of drug-likeness (QED) is 0.563. The minimum atomic E-state index is 0.140. The van der Waals surface area contributed by atoms with Gasteiger partial charge < -0.3 is 0 Å². The first-order valence-corrected chi connectivity index (χ1v) is 7.61. The number of aryl methyl sites for hydroxylation is 2. The molecule has 0 fully saturated rings. The van der Waals surface area contributed by atoms with Crippen molar-refractivity contribution >= 4 is 0 Å². The van der Waals surface area contributed by atoms with E-state index in [9.17, 15) is 0 Å². The topological polar surface area (TPSA) is 0 Å². The van der Waals surface area contributed by atoms with Crippen LogP contribution in [0, 0.1) is 13.8 Å². The summed E-state index contributed by atoms with van der Waals surface area (Å²) in [6.45, 7) is 4.41. The average molecular weight is 260 g/mol. The molecular weight excluding hydrogens is 240 g/mol. The highest BCUT2D eigenvalue weighted by Crippen LogP contribution is 2.53. The van der Waals surface area contributed by atoms with Crippen molar-refractivity contribution in [3.8, 4) is 11.1 Å². The van der Waals surface area contributed by atoms with Gasteiger partial charge in [-0.1, -0.05) is 59.7 Å². The number of benzene rings is 2. The van der Waals surface area contributed by atoms with Crippen LogP contribution in [-0.2, 0) is 5.41 Å². The van der Waals surface area contributed by atoms with E-state index < -0.39 is 0 Å². The fourth-order valence-corrected chi connectivity index (χ4v) is 3.98. The maximum atomic E-state index is 2.47. The van der Waals surface area contributed by atoms with E-state index in [0.29, 0.717) is 0 Å². The summed E-state index contributed by atoms with van der Waals surface area (Å²) in [5.74, 6) is 0. The second-order valence-corrected chi connectivity index (χ2v) is 6.36. The van der Waals surface area contributed by atoms with Gasteiger partial charge in [-0.3, -0.25) is 0 Å². The molecular formula is C20H20. The molecule has 2 aliphatic rings. The van der Waals surface area contributed by atoms with Crippen LogP contribution >= 0.6 is 0 Å². The Balaban J connectivity index is 2.09. The zero-order chi connectivity index (χ0) is 13.7. The standard InChI is InChI=1S/C20H20/c1-14-6-8-16-17-9-7-15(2)13-19(17)20(18(16)12-14)10-4-3-5-11-20/h4,6-10,12-13H,3,5,11H2,1-2H3. The molecule has 1 spiro atoms. The van der Waals surface area contributed by atoms with Crippen molar-refractivity contribution in [1.82, 2.24) is 0 Å². The van der Waals surface area contributed by atoms with Gasteiger partial charge >= 0.3 is 0 Å². The Morgan fingerprint density at radius 2 is 1.45 bits per heavy atom. The molecule has 0 atom stereocenters. The van der Waals surface area contributed by atoms with E-state index in [4.69, 9.17) is 0 Å². The molecule has 0 heterocycles. The van der Waals surface area contributed by atoms with Crippen LogP contribution in [0.1, 0.15) is 41.5 Å². The fourth-order valence-electron chi connectivity index (χ4n) is 3.98. The van der Waals surface area contributed by atoms with E-state index in [0.717, 1.165) is 0 Å². The SMILES string of the molecule is Cc1ccc2c(c1)C1(C=CCCC1)c1cc(C)ccc1-2. The summed E-state index contributed by atoms with van der Waals surface area (Å²) in [6.07, 6.45) is 8.62. The summed E-state index contributed by atoms with van der Waals surface area (Å²) in [4.78, 5) is 0. The van der Waals surface area contributed by atoms with Gasteiger partial charge in [0, 0.05) is 5.41 Å². The largest absolute Gasteiger partial charge is 0.0873 e. The lowest BCUT2D eigenvalue weighted by Gasteiger charge is -2.32. The van der Waals surface area contributed by atoms with Gasteiger partial charge in [-0.15, -0.1) is 0 Å². The molecule has 2 aromatic carbocycles. The minimum Gasteiger partial charge on any atom is -0.0873 e. The van der Waals surface area contributed by atoms with Crippen molar-refractivity contribution in [2.75, 3.05) is 0 Å². The van der Waals surface area contributed by atoms with Crippen LogP contribution in [0.5, 0.6) is 0 Å². The van der Waals surface area contributed by atoms with Gasteiger partial charge in [0.2, 0.25) is 0 Å². The summed E-state index contributed by atoms with van der Waals surface area (Å²) < 4.78 is 0. The maximum absolute atomic E-state index is 2.47. The van der Waals surface area contributed by atoms with Gasteiger partial charge in [0.1, 0.15) is 0 Å².